The van der Waals surface area contributed by atoms with E-state index in [2.05, 4.69) is 20.6 Å². The molecule has 1 saturated heterocycles. The summed E-state index contributed by atoms with van der Waals surface area (Å²) in [5.41, 5.74) is 0.384. The maximum Gasteiger partial charge on any atom is 0.410 e. The molecule has 34 heavy (non-hydrogen) atoms. The molecule has 8 nitrogen and oxygen atoms in total. The van der Waals surface area contributed by atoms with E-state index in [0.717, 1.165) is 30.0 Å². The van der Waals surface area contributed by atoms with Crippen molar-refractivity contribution >= 4 is 23.4 Å². The van der Waals surface area contributed by atoms with Crippen LogP contribution in [0.5, 0.6) is 11.5 Å². The van der Waals surface area contributed by atoms with Crippen molar-refractivity contribution in [3.05, 3.63) is 67.0 Å². The van der Waals surface area contributed by atoms with Gasteiger partial charge in [0.05, 0.1) is 0 Å². The number of nitrogens with zero attached hydrogens (tertiary/aromatic N) is 3. The van der Waals surface area contributed by atoms with Crippen LogP contribution in [0.4, 0.5) is 22.1 Å². The molecule has 1 fully saturated rings. The normalized spacial score (nSPS) is 16.0. The Kier molecular flexibility index (Phi) is 7.15. The highest BCUT2D eigenvalue weighted by Crippen LogP contribution is 2.25. The molecular weight excluding hydrogens is 430 g/mol. The minimum Gasteiger partial charge on any atom is -0.457 e. The van der Waals surface area contributed by atoms with E-state index in [1.54, 1.807) is 4.90 Å². The maximum absolute atomic E-state index is 12.4. The lowest BCUT2D eigenvalue weighted by Crippen LogP contribution is -2.47. The van der Waals surface area contributed by atoms with Crippen molar-refractivity contribution in [1.82, 2.24) is 14.9 Å². The first kappa shape index (κ1) is 23.4. The Morgan fingerprint density at radius 2 is 1.71 bits per heavy atom. The molecule has 1 aliphatic heterocycles. The fourth-order valence-corrected chi connectivity index (χ4v) is 3.68. The number of benzene rings is 2. The minimum atomic E-state index is -0.503. The van der Waals surface area contributed by atoms with E-state index >= 15 is 0 Å². The number of aromatic nitrogens is 2. The Bertz CT molecular complexity index is 1080. The molecule has 4 rings (SSSR count). The zero-order valence-electron chi connectivity index (χ0n) is 19.8. The monoisotopic (exact) mass is 461 g/mol. The first-order chi connectivity index (χ1) is 16.3. The Morgan fingerprint density at radius 3 is 2.44 bits per heavy atom. The van der Waals surface area contributed by atoms with Gasteiger partial charge in [-0.15, -0.1) is 0 Å². The van der Waals surface area contributed by atoms with Crippen molar-refractivity contribution < 1.29 is 14.3 Å². The summed E-state index contributed by atoms with van der Waals surface area (Å²) in [6.45, 7) is 6.91. The van der Waals surface area contributed by atoms with Gasteiger partial charge in [0.15, 0.2) is 0 Å². The number of carbonyl (C=O) groups is 1. The largest absolute Gasteiger partial charge is 0.457 e. The molecule has 178 valence electrons. The van der Waals surface area contributed by atoms with E-state index in [-0.39, 0.29) is 12.1 Å². The topological polar surface area (TPSA) is 88.6 Å². The quantitative estimate of drug-likeness (QED) is 0.478. The number of nitrogens with one attached hydrogen (secondary N) is 2. The standard InChI is InChI=1S/C26H31N5O3/c1-26(2,3)34-25(32)31-15-7-8-20(17-31)30-24-16-23(27-18-28-24)29-19-11-13-22(14-12-19)33-21-9-5-4-6-10-21/h4-6,9-14,16,18,20H,7-8,15,17H2,1-3H3,(H2,27,28,29,30). The molecule has 0 bridgehead atoms. The van der Waals surface area contributed by atoms with Gasteiger partial charge in [-0.25, -0.2) is 14.8 Å². The van der Waals surface area contributed by atoms with Gasteiger partial charge in [0, 0.05) is 30.9 Å². The van der Waals surface area contributed by atoms with E-state index in [1.165, 1.54) is 6.33 Å². The van der Waals surface area contributed by atoms with Crippen LogP contribution in [-0.2, 0) is 4.74 Å². The zero-order chi connectivity index (χ0) is 24.0. The molecule has 2 N–H and O–H groups in total. The summed E-state index contributed by atoms with van der Waals surface area (Å²) in [6.07, 6.45) is 3.11. The molecule has 2 aromatic carbocycles. The van der Waals surface area contributed by atoms with E-state index in [0.29, 0.717) is 24.7 Å². The summed E-state index contributed by atoms with van der Waals surface area (Å²) in [6, 6.07) is 19.3. The first-order valence-corrected chi connectivity index (χ1v) is 11.5. The van der Waals surface area contributed by atoms with Gasteiger partial charge in [0.25, 0.3) is 0 Å². The average Bonchev–Trinajstić information content (AvgIpc) is 2.80. The predicted molar refractivity (Wildman–Crippen MR) is 133 cm³/mol. The van der Waals surface area contributed by atoms with Crippen LogP contribution >= 0.6 is 0 Å². The van der Waals surface area contributed by atoms with Gasteiger partial charge in [0.1, 0.15) is 35.1 Å². The Balaban J connectivity index is 1.33. The molecule has 3 aromatic rings. The van der Waals surface area contributed by atoms with Gasteiger partial charge in [-0.05, 0) is 70.0 Å². The number of hydrogen-bond acceptors (Lipinski definition) is 7. The summed E-state index contributed by atoms with van der Waals surface area (Å²) in [7, 11) is 0. The number of carbonyl (C=O) groups excluding carboxylic acids is 1. The fourth-order valence-electron chi connectivity index (χ4n) is 3.68. The maximum atomic E-state index is 12.4. The summed E-state index contributed by atoms with van der Waals surface area (Å²) in [4.78, 5) is 22.9. The first-order valence-electron chi connectivity index (χ1n) is 11.5. The second-order valence-corrected chi connectivity index (χ2v) is 9.26. The number of anilines is 3. The zero-order valence-corrected chi connectivity index (χ0v) is 19.8. The number of hydrogen-bond donors (Lipinski definition) is 2. The Morgan fingerprint density at radius 1 is 1.00 bits per heavy atom. The molecular formula is C26H31N5O3. The van der Waals surface area contributed by atoms with Crippen molar-refractivity contribution in [2.45, 2.75) is 45.3 Å². The van der Waals surface area contributed by atoms with Crippen molar-refractivity contribution in [2.75, 3.05) is 23.7 Å². The highest BCUT2D eigenvalue weighted by atomic mass is 16.6. The van der Waals surface area contributed by atoms with Crippen molar-refractivity contribution in [1.29, 1.82) is 0 Å². The van der Waals surface area contributed by atoms with E-state index in [1.807, 2.05) is 81.4 Å². The average molecular weight is 462 g/mol. The van der Waals surface area contributed by atoms with Gasteiger partial charge in [-0.1, -0.05) is 18.2 Å². The van der Waals surface area contributed by atoms with Crippen LogP contribution in [-0.4, -0.2) is 45.7 Å². The summed E-state index contributed by atoms with van der Waals surface area (Å²) >= 11 is 0. The lowest BCUT2D eigenvalue weighted by molar-refractivity contribution is 0.0206. The molecule has 1 aliphatic rings. The van der Waals surface area contributed by atoms with Crippen LogP contribution in [0.15, 0.2) is 67.0 Å². The van der Waals surface area contributed by atoms with Crippen molar-refractivity contribution in [2.24, 2.45) is 0 Å². The second kappa shape index (κ2) is 10.4. The van der Waals surface area contributed by atoms with Gasteiger partial charge in [0.2, 0.25) is 0 Å². The lowest BCUT2D eigenvalue weighted by atomic mass is 10.1. The van der Waals surface area contributed by atoms with Crippen LogP contribution < -0.4 is 15.4 Å². The number of piperidine rings is 1. The number of para-hydroxylation sites is 1. The van der Waals surface area contributed by atoms with Crippen molar-refractivity contribution in [3.8, 4) is 11.5 Å². The molecule has 1 aromatic heterocycles. The van der Waals surface area contributed by atoms with Gasteiger partial charge in [-0.3, -0.25) is 0 Å². The molecule has 1 amide bonds. The number of rotatable bonds is 6. The molecule has 0 spiro atoms. The smallest absolute Gasteiger partial charge is 0.410 e. The molecule has 2 heterocycles. The van der Waals surface area contributed by atoms with Crippen LogP contribution in [0.2, 0.25) is 0 Å². The van der Waals surface area contributed by atoms with Gasteiger partial charge in [-0.2, -0.15) is 0 Å². The minimum absolute atomic E-state index is 0.0958. The molecule has 0 saturated carbocycles. The second-order valence-electron chi connectivity index (χ2n) is 9.26. The third-order valence-corrected chi connectivity index (χ3v) is 5.20. The van der Waals surface area contributed by atoms with Gasteiger partial charge >= 0.3 is 6.09 Å². The van der Waals surface area contributed by atoms with Crippen LogP contribution in [0, 0.1) is 0 Å². The molecule has 8 heteroatoms. The van der Waals surface area contributed by atoms with E-state index in [9.17, 15) is 4.79 Å². The van der Waals surface area contributed by atoms with E-state index in [4.69, 9.17) is 9.47 Å². The number of amides is 1. The third-order valence-electron chi connectivity index (χ3n) is 5.20. The number of ether oxygens (including phenoxy) is 2. The molecule has 0 aliphatic carbocycles. The van der Waals surface area contributed by atoms with Crippen LogP contribution in [0.3, 0.4) is 0 Å². The predicted octanol–water partition coefficient (Wildman–Crippen LogP) is 5.82. The number of likely N-dealkylation sites (tertiary alicyclic amines) is 1. The van der Waals surface area contributed by atoms with Crippen LogP contribution in [0.1, 0.15) is 33.6 Å². The van der Waals surface area contributed by atoms with E-state index < -0.39 is 5.60 Å². The Labute approximate surface area is 200 Å². The highest BCUT2D eigenvalue weighted by molar-refractivity contribution is 5.68. The van der Waals surface area contributed by atoms with Crippen molar-refractivity contribution in [3.63, 3.8) is 0 Å². The summed E-state index contributed by atoms with van der Waals surface area (Å²) in [5, 5.41) is 6.72. The third kappa shape index (κ3) is 6.84. The molecule has 0 radical (unpaired) electrons. The molecule has 1 unspecified atom stereocenters. The van der Waals surface area contributed by atoms with Crippen LogP contribution in [0.25, 0.3) is 0 Å². The lowest BCUT2D eigenvalue weighted by Gasteiger charge is -2.34. The summed E-state index contributed by atoms with van der Waals surface area (Å²) in [5.74, 6) is 2.93. The Hall–Kier alpha value is -3.81. The SMILES string of the molecule is CC(C)(C)OC(=O)N1CCCC(Nc2cc(Nc3ccc(Oc4ccccc4)cc3)ncn2)C1. The molecule has 1 atom stereocenters. The fraction of sp³-hybridized carbons (Fsp3) is 0.346. The van der Waals surface area contributed by atoms with Gasteiger partial charge < -0.3 is 25.0 Å². The summed E-state index contributed by atoms with van der Waals surface area (Å²) < 4.78 is 11.4. The highest BCUT2D eigenvalue weighted by Gasteiger charge is 2.27.